The Hall–Kier alpha value is -1.97. The number of halogens is 1. The summed E-state index contributed by atoms with van der Waals surface area (Å²) in [5.41, 5.74) is 2.04. The standard InChI is InChI=1S/C20H29N5O2.HI/c1-4-21-20(22-12-17-6-5-7-18(27-3)19(17)26)25-9-8-15(14-25)10-16-11-23-24(2)13-16;/h5-7,11,13,15,26H,4,8-10,12,14H2,1-3H3,(H,21,22);1H. The van der Waals surface area contributed by atoms with Crippen molar-refractivity contribution < 1.29 is 9.84 Å². The van der Waals surface area contributed by atoms with E-state index in [0.29, 0.717) is 18.2 Å². The van der Waals surface area contributed by atoms with Gasteiger partial charge in [-0.3, -0.25) is 4.68 Å². The highest BCUT2D eigenvalue weighted by atomic mass is 127. The Morgan fingerprint density at radius 3 is 2.93 bits per heavy atom. The predicted molar refractivity (Wildman–Crippen MR) is 121 cm³/mol. The fraction of sp³-hybridized carbons (Fsp3) is 0.500. The average molecular weight is 499 g/mol. The van der Waals surface area contributed by atoms with Crippen LogP contribution in [0.5, 0.6) is 11.5 Å². The summed E-state index contributed by atoms with van der Waals surface area (Å²) in [6, 6.07) is 5.49. The quantitative estimate of drug-likeness (QED) is 0.364. The minimum Gasteiger partial charge on any atom is -0.504 e. The van der Waals surface area contributed by atoms with Crippen LogP contribution in [-0.4, -0.2) is 52.5 Å². The number of para-hydroxylation sites is 1. The van der Waals surface area contributed by atoms with Crippen molar-refractivity contribution in [2.45, 2.75) is 26.3 Å². The highest BCUT2D eigenvalue weighted by molar-refractivity contribution is 14.0. The number of hydrogen-bond acceptors (Lipinski definition) is 4. The van der Waals surface area contributed by atoms with Crippen LogP contribution in [0.2, 0.25) is 0 Å². The second-order valence-corrected chi connectivity index (χ2v) is 6.97. The topological polar surface area (TPSA) is 74.9 Å². The molecule has 1 saturated heterocycles. The molecule has 7 nitrogen and oxygen atoms in total. The van der Waals surface area contributed by atoms with Crippen molar-refractivity contribution in [3.8, 4) is 11.5 Å². The van der Waals surface area contributed by atoms with Crippen molar-refractivity contribution in [1.82, 2.24) is 20.0 Å². The molecule has 2 heterocycles. The average Bonchev–Trinajstić information content (AvgIpc) is 3.29. The number of aromatic nitrogens is 2. The smallest absolute Gasteiger partial charge is 0.194 e. The summed E-state index contributed by atoms with van der Waals surface area (Å²) in [7, 11) is 3.51. The molecule has 1 unspecified atom stereocenters. The molecule has 1 aromatic carbocycles. The summed E-state index contributed by atoms with van der Waals surface area (Å²) in [4.78, 5) is 7.05. The van der Waals surface area contributed by atoms with E-state index in [1.807, 2.05) is 30.1 Å². The van der Waals surface area contributed by atoms with E-state index < -0.39 is 0 Å². The maximum atomic E-state index is 10.3. The van der Waals surface area contributed by atoms with Gasteiger partial charge in [0.25, 0.3) is 0 Å². The maximum Gasteiger partial charge on any atom is 0.194 e. The number of benzene rings is 1. The summed E-state index contributed by atoms with van der Waals surface area (Å²) in [5, 5.41) is 17.9. The molecular formula is C20H30IN5O2. The Bertz CT molecular complexity index is 793. The molecule has 1 aromatic heterocycles. The fourth-order valence-corrected chi connectivity index (χ4v) is 3.55. The van der Waals surface area contributed by atoms with Crippen LogP contribution >= 0.6 is 24.0 Å². The van der Waals surface area contributed by atoms with E-state index in [1.54, 1.807) is 13.2 Å². The first-order valence-electron chi connectivity index (χ1n) is 9.46. The highest BCUT2D eigenvalue weighted by Crippen LogP contribution is 2.30. The Labute approximate surface area is 183 Å². The van der Waals surface area contributed by atoms with Gasteiger partial charge in [0.15, 0.2) is 17.5 Å². The Morgan fingerprint density at radius 2 is 2.25 bits per heavy atom. The summed E-state index contributed by atoms with van der Waals surface area (Å²) >= 11 is 0. The van der Waals surface area contributed by atoms with E-state index in [2.05, 4.69) is 28.4 Å². The molecule has 0 saturated carbocycles. The number of aromatic hydroxyl groups is 1. The van der Waals surface area contributed by atoms with E-state index in [-0.39, 0.29) is 29.7 Å². The lowest BCUT2D eigenvalue weighted by Gasteiger charge is -2.22. The van der Waals surface area contributed by atoms with Crippen LogP contribution in [0.15, 0.2) is 35.6 Å². The molecule has 0 aliphatic carbocycles. The van der Waals surface area contributed by atoms with Gasteiger partial charge in [0.05, 0.1) is 19.9 Å². The molecule has 0 amide bonds. The van der Waals surface area contributed by atoms with Gasteiger partial charge >= 0.3 is 0 Å². The molecule has 8 heteroatoms. The van der Waals surface area contributed by atoms with Crippen molar-refractivity contribution >= 4 is 29.9 Å². The molecule has 2 N–H and O–H groups in total. The minimum atomic E-state index is 0. The molecule has 2 aromatic rings. The van der Waals surface area contributed by atoms with Crippen LogP contribution in [0.3, 0.4) is 0 Å². The van der Waals surface area contributed by atoms with Gasteiger partial charge in [0.1, 0.15) is 0 Å². The molecule has 1 atom stereocenters. The number of nitrogens with zero attached hydrogens (tertiary/aromatic N) is 4. The van der Waals surface area contributed by atoms with Crippen LogP contribution in [0, 0.1) is 5.92 Å². The van der Waals surface area contributed by atoms with Gasteiger partial charge in [-0.15, -0.1) is 24.0 Å². The molecule has 1 aliphatic rings. The van der Waals surface area contributed by atoms with Crippen LogP contribution < -0.4 is 10.1 Å². The van der Waals surface area contributed by atoms with Gasteiger partial charge < -0.3 is 20.1 Å². The number of guanidine groups is 1. The molecule has 1 fully saturated rings. The number of phenols is 1. The number of rotatable bonds is 6. The number of ether oxygens (including phenoxy) is 1. The monoisotopic (exact) mass is 499 g/mol. The van der Waals surface area contributed by atoms with Crippen molar-refractivity contribution in [2.75, 3.05) is 26.7 Å². The zero-order valence-corrected chi connectivity index (χ0v) is 19.1. The maximum absolute atomic E-state index is 10.3. The number of methoxy groups -OCH3 is 1. The summed E-state index contributed by atoms with van der Waals surface area (Å²) in [5.74, 6) is 2.14. The van der Waals surface area contributed by atoms with E-state index in [4.69, 9.17) is 9.73 Å². The van der Waals surface area contributed by atoms with E-state index in [1.165, 1.54) is 5.56 Å². The number of phenolic OH excluding ortho intramolecular Hbond substituents is 1. The Balaban J connectivity index is 0.00000280. The molecule has 28 heavy (non-hydrogen) atoms. The van der Waals surface area contributed by atoms with Gasteiger partial charge in [-0.2, -0.15) is 5.10 Å². The second kappa shape index (κ2) is 10.5. The van der Waals surface area contributed by atoms with Gasteiger partial charge in [-0.25, -0.2) is 4.99 Å². The van der Waals surface area contributed by atoms with E-state index >= 15 is 0 Å². The van der Waals surface area contributed by atoms with Gasteiger partial charge in [-0.1, -0.05) is 12.1 Å². The molecule has 3 rings (SSSR count). The Morgan fingerprint density at radius 1 is 1.43 bits per heavy atom. The molecule has 1 aliphatic heterocycles. The van der Waals surface area contributed by atoms with E-state index in [0.717, 1.165) is 44.0 Å². The fourth-order valence-electron chi connectivity index (χ4n) is 3.55. The zero-order valence-electron chi connectivity index (χ0n) is 16.8. The third-order valence-corrected chi connectivity index (χ3v) is 4.90. The number of likely N-dealkylation sites (tertiary alicyclic amines) is 1. The molecule has 0 radical (unpaired) electrons. The zero-order chi connectivity index (χ0) is 19.2. The predicted octanol–water partition coefficient (Wildman–Crippen LogP) is 2.78. The molecular weight excluding hydrogens is 469 g/mol. The largest absolute Gasteiger partial charge is 0.504 e. The first-order chi connectivity index (χ1) is 13.1. The lowest BCUT2D eigenvalue weighted by molar-refractivity contribution is 0.370. The van der Waals surface area contributed by atoms with Crippen molar-refractivity contribution in [2.24, 2.45) is 18.0 Å². The van der Waals surface area contributed by atoms with Crippen molar-refractivity contribution in [3.63, 3.8) is 0 Å². The molecule has 0 bridgehead atoms. The minimum absolute atomic E-state index is 0. The van der Waals surface area contributed by atoms with Gasteiger partial charge in [0, 0.05) is 38.4 Å². The normalized spacial score (nSPS) is 16.8. The molecule has 0 spiro atoms. The first kappa shape index (κ1) is 22.3. The number of aryl methyl sites for hydroxylation is 1. The Kier molecular flexibility index (Phi) is 8.40. The summed E-state index contributed by atoms with van der Waals surface area (Å²) in [6.07, 6.45) is 6.23. The van der Waals surface area contributed by atoms with Crippen LogP contribution in [0.25, 0.3) is 0 Å². The third kappa shape index (κ3) is 5.52. The third-order valence-electron chi connectivity index (χ3n) is 4.90. The van der Waals surface area contributed by atoms with Crippen LogP contribution in [0.1, 0.15) is 24.5 Å². The second-order valence-electron chi connectivity index (χ2n) is 6.97. The number of hydrogen-bond donors (Lipinski definition) is 2. The highest BCUT2D eigenvalue weighted by Gasteiger charge is 2.25. The lowest BCUT2D eigenvalue weighted by atomic mass is 10.0. The molecule has 154 valence electrons. The first-order valence-corrected chi connectivity index (χ1v) is 9.46. The van der Waals surface area contributed by atoms with E-state index in [9.17, 15) is 5.11 Å². The van der Waals surface area contributed by atoms with Crippen LogP contribution in [-0.2, 0) is 20.0 Å². The summed E-state index contributed by atoms with van der Waals surface area (Å²) in [6.45, 7) is 5.26. The number of aliphatic imine (C=N–C) groups is 1. The van der Waals surface area contributed by atoms with Gasteiger partial charge in [-0.05, 0) is 37.3 Å². The van der Waals surface area contributed by atoms with Gasteiger partial charge in [0.2, 0.25) is 0 Å². The summed E-state index contributed by atoms with van der Waals surface area (Å²) < 4.78 is 7.04. The van der Waals surface area contributed by atoms with Crippen molar-refractivity contribution in [3.05, 3.63) is 41.7 Å². The lowest BCUT2D eigenvalue weighted by Crippen LogP contribution is -2.40. The SMILES string of the molecule is CCNC(=NCc1cccc(OC)c1O)N1CCC(Cc2cnn(C)c2)C1.I. The van der Waals surface area contributed by atoms with Crippen molar-refractivity contribution in [1.29, 1.82) is 0 Å². The van der Waals surface area contributed by atoms with Crippen LogP contribution in [0.4, 0.5) is 0 Å². The number of nitrogens with one attached hydrogen (secondary N) is 1.